The number of nitrogens with zero attached hydrogens (tertiary/aromatic N) is 3. The van der Waals surface area contributed by atoms with Crippen LogP contribution in [-0.4, -0.2) is 47.9 Å². The molecule has 23 heavy (non-hydrogen) atoms. The van der Waals surface area contributed by atoms with E-state index in [-0.39, 0.29) is 11.9 Å². The Kier molecular flexibility index (Phi) is 4.61. The fourth-order valence-corrected chi connectivity index (χ4v) is 3.74. The molecule has 1 atom stereocenters. The van der Waals surface area contributed by atoms with Crippen LogP contribution in [-0.2, 0) is 0 Å². The maximum absolute atomic E-state index is 13.0. The third kappa shape index (κ3) is 3.37. The molecule has 1 amide bonds. The molecule has 3 rings (SSSR count). The molecule has 0 saturated carbocycles. The molecule has 1 fully saturated rings. The van der Waals surface area contributed by atoms with E-state index in [0.717, 1.165) is 35.4 Å². The molecule has 1 saturated heterocycles. The van der Waals surface area contributed by atoms with Crippen LogP contribution in [0.5, 0.6) is 0 Å². The lowest BCUT2D eigenvalue weighted by molar-refractivity contribution is 0.0681. The predicted octanol–water partition coefficient (Wildman–Crippen LogP) is 2.98. The van der Waals surface area contributed by atoms with Crippen LogP contribution in [0.25, 0.3) is 0 Å². The number of hydrogen-bond donors (Lipinski definition) is 0. The number of rotatable bonds is 3. The Morgan fingerprint density at radius 2 is 2.22 bits per heavy atom. The SMILES string of the molecule is Cc1ccc(C2CSCCN2C(=O)c2ccnc(N(C)C)c2)o1. The van der Waals surface area contributed by atoms with Gasteiger partial charge >= 0.3 is 0 Å². The number of carbonyl (C=O) groups excluding carboxylic acids is 1. The summed E-state index contributed by atoms with van der Waals surface area (Å²) in [6.45, 7) is 2.66. The van der Waals surface area contributed by atoms with Gasteiger partial charge in [-0.1, -0.05) is 0 Å². The van der Waals surface area contributed by atoms with Crippen molar-refractivity contribution in [2.45, 2.75) is 13.0 Å². The minimum absolute atomic E-state index is 0.00841. The zero-order valence-electron chi connectivity index (χ0n) is 13.7. The van der Waals surface area contributed by atoms with Crippen LogP contribution in [0.3, 0.4) is 0 Å². The van der Waals surface area contributed by atoms with Crippen molar-refractivity contribution in [3.8, 4) is 0 Å². The highest BCUT2D eigenvalue weighted by molar-refractivity contribution is 7.99. The third-order valence-electron chi connectivity index (χ3n) is 3.93. The molecule has 0 aromatic carbocycles. The van der Waals surface area contributed by atoms with Crippen molar-refractivity contribution < 1.29 is 9.21 Å². The van der Waals surface area contributed by atoms with Crippen LogP contribution in [0.1, 0.15) is 27.9 Å². The molecule has 1 aliphatic heterocycles. The van der Waals surface area contributed by atoms with E-state index in [1.165, 1.54) is 0 Å². The second-order valence-electron chi connectivity index (χ2n) is 5.83. The first-order chi connectivity index (χ1) is 11.1. The number of furan rings is 1. The summed E-state index contributed by atoms with van der Waals surface area (Å²) in [5, 5.41) is 0. The summed E-state index contributed by atoms with van der Waals surface area (Å²) in [6, 6.07) is 7.54. The number of thioether (sulfide) groups is 1. The van der Waals surface area contributed by atoms with Gasteiger partial charge in [0.2, 0.25) is 0 Å². The van der Waals surface area contributed by atoms with Gasteiger partial charge in [0.15, 0.2) is 0 Å². The molecule has 1 unspecified atom stereocenters. The van der Waals surface area contributed by atoms with Crippen molar-refractivity contribution >= 4 is 23.5 Å². The van der Waals surface area contributed by atoms with E-state index >= 15 is 0 Å². The van der Waals surface area contributed by atoms with Crippen molar-refractivity contribution in [2.24, 2.45) is 0 Å². The van der Waals surface area contributed by atoms with Crippen molar-refractivity contribution in [3.63, 3.8) is 0 Å². The molecule has 5 nitrogen and oxygen atoms in total. The molecule has 0 aliphatic carbocycles. The van der Waals surface area contributed by atoms with E-state index in [4.69, 9.17) is 4.42 Å². The van der Waals surface area contributed by atoms with E-state index in [1.54, 1.807) is 12.3 Å². The molecule has 0 radical (unpaired) electrons. The predicted molar refractivity (Wildman–Crippen MR) is 93.1 cm³/mol. The first kappa shape index (κ1) is 15.9. The third-order valence-corrected chi connectivity index (χ3v) is 4.95. The van der Waals surface area contributed by atoms with Gasteiger partial charge in [-0.2, -0.15) is 11.8 Å². The number of aryl methyl sites for hydroxylation is 1. The van der Waals surface area contributed by atoms with Gasteiger partial charge < -0.3 is 14.2 Å². The average Bonchev–Trinajstić information content (AvgIpc) is 3.00. The fraction of sp³-hybridized carbons (Fsp3) is 0.412. The Morgan fingerprint density at radius 3 is 2.91 bits per heavy atom. The van der Waals surface area contributed by atoms with Crippen molar-refractivity contribution in [1.82, 2.24) is 9.88 Å². The Bertz CT molecular complexity index is 699. The molecule has 2 aromatic heterocycles. The minimum atomic E-state index is -0.00841. The van der Waals surface area contributed by atoms with Crippen LogP contribution in [0.4, 0.5) is 5.82 Å². The maximum atomic E-state index is 13.0. The first-order valence-electron chi connectivity index (χ1n) is 7.64. The second-order valence-corrected chi connectivity index (χ2v) is 6.98. The van der Waals surface area contributed by atoms with Crippen LogP contribution in [0.2, 0.25) is 0 Å². The van der Waals surface area contributed by atoms with Gasteiger partial charge in [0.1, 0.15) is 17.3 Å². The Hall–Kier alpha value is -1.95. The topological polar surface area (TPSA) is 49.6 Å². The monoisotopic (exact) mass is 331 g/mol. The molecule has 0 N–H and O–H groups in total. The van der Waals surface area contributed by atoms with Crippen molar-refractivity contribution in [2.75, 3.05) is 37.0 Å². The summed E-state index contributed by atoms with van der Waals surface area (Å²) in [5.41, 5.74) is 0.670. The molecule has 0 bridgehead atoms. The number of pyridine rings is 1. The van der Waals surface area contributed by atoms with Crippen LogP contribution < -0.4 is 4.90 Å². The highest BCUT2D eigenvalue weighted by Crippen LogP contribution is 2.32. The summed E-state index contributed by atoms with van der Waals surface area (Å²) in [7, 11) is 3.84. The summed E-state index contributed by atoms with van der Waals surface area (Å²) >= 11 is 1.86. The molecule has 2 aromatic rings. The lowest BCUT2D eigenvalue weighted by atomic mass is 10.1. The summed E-state index contributed by atoms with van der Waals surface area (Å²) in [5.74, 6) is 4.38. The highest BCUT2D eigenvalue weighted by atomic mass is 32.2. The first-order valence-corrected chi connectivity index (χ1v) is 8.80. The van der Waals surface area contributed by atoms with Gasteiger partial charge in [-0.3, -0.25) is 4.79 Å². The normalized spacial score (nSPS) is 18.0. The van der Waals surface area contributed by atoms with Gasteiger partial charge in [-0.25, -0.2) is 4.98 Å². The largest absolute Gasteiger partial charge is 0.464 e. The quantitative estimate of drug-likeness (QED) is 0.865. The minimum Gasteiger partial charge on any atom is -0.464 e. The van der Waals surface area contributed by atoms with Crippen LogP contribution in [0, 0.1) is 6.92 Å². The molecule has 6 heteroatoms. The van der Waals surface area contributed by atoms with Gasteiger partial charge in [-0.05, 0) is 31.2 Å². The molecule has 0 spiro atoms. The maximum Gasteiger partial charge on any atom is 0.254 e. The Labute approximate surface area is 140 Å². The highest BCUT2D eigenvalue weighted by Gasteiger charge is 2.31. The zero-order chi connectivity index (χ0) is 16.4. The van der Waals surface area contributed by atoms with Gasteiger partial charge in [0.25, 0.3) is 5.91 Å². The molecule has 122 valence electrons. The summed E-state index contributed by atoms with van der Waals surface area (Å²) in [6.07, 6.45) is 1.69. The van der Waals surface area contributed by atoms with Crippen LogP contribution in [0.15, 0.2) is 34.9 Å². The number of anilines is 1. The van der Waals surface area contributed by atoms with E-state index in [0.29, 0.717) is 5.56 Å². The van der Waals surface area contributed by atoms with Gasteiger partial charge in [0.05, 0.1) is 6.04 Å². The van der Waals surface area contributed by atoms with E-state index in [2.05, 4.69) is 4.98 Å². The Morgan fingerprint density at radius 1 is 1.39 bits per heavy atom. The van der Waals surface area contributed by atoms with Crippen molar-refractivity contribution in [1.29, 1.82) is 0 Å². The summed E-state index contributed by atoms with van der Waals surface area (Å²) < 4.78 is 5.77. The standard InChI is InChI=1S/C17H21N3O2S/c1-12-4-5-15(22-12)14-11-23-9-8-20(14)17(21)13-6-7-18-16(10-13)19(2)3/h4-7,10,14H,8-9,11H2,1-3H3. The van der Waals surface area contributed by atoms with Crippen LogP contribution >= 0.6 is 11.8 Å². The van der Waals surface area contributed by atoms with Gasteiger partial charge in [-0.15, -0.1) is 0 Å². The lowest BCUT2D eigenvalue weighted by Crippen LogP contribution is -2.40. The number of amides is 1. The van der Waals surface area contributed by atoms with Crippen molar-refractivity contribution in [3.05, 3.63) is 47.5 Å². The molecule has 1 aliphatic rings. The lowest BCUT2D eigenvalue weighted by Gasteiger charge is -2.34. The molecular weight excluding hydrogens is 310 g/mol. The number of hydrogen-bond acceptors (Lipinski definition) is 5. The Balaban J connectivity index is 1.88. The average molecular weight is 331 g/mol. The molecule has 3 heterocycles. The number of aromatic nitrogens is 1. The summed E-state index contributed by atoms with van der Waals surface area (Å²) in [4.78, 5) is 21.1. The second kappa shape index (κ2) is 6.66. The smallest absolute Gasteiger partial charge is 0.254 e. The molecular formula is C17H21N3O2S. The fourth-order valence-electron chi connectivity index (χ4n) is 2.68. The number of carbonyl (C=O) groups is 1. The zero-order valence-corrected chi connectivity index (χ0v) is 14.5. The van der Waals surface area contributed by atoms with Gasteiger partial charge in [0, 0.05) is 43.9 Å². The van der Waals surface area contributed by atoms with E-state index in [9.17, 15) is 4.79 Å². The van der Waals surface area contributed by atoms with E-state index in [1.807, 2.05) is 60.8 Å². The van der Waals surface area contributed by atoms with E-state index < -0.39 is 0 Å².